The highest BCUT2D eigenvalue weighted by atomic mass is 35.5. The molecule has 0 N–H and O–H groups in total. The standard InChI is InChI=1S/C9H6ClF3O/c10-5-1-2-6(8-4-14-8)7(3-5)9(11,12)13/h1-3,8H,4H2/t8-/m0/s1. The first-order chi connectivity index (χ1) is 6.48. The van der Waals surface area contributed by atoms with E-state index in [0.29, 0.717) is 6.61 Å². The summed E-state index contributed by atoms with van der Waals surface area (Å²) < 4.78 is 42.3. The molecule has 0 aliphatic carbocycles. The lowest BCUT2D eigenvalue weighted by Crippen LogP contribution is -2.08. The van der Waals surface area contributed by atoms with Crippen LogP contribution in [0.2, 0.25) is 5.02 Å². The van der Waals surface area contributed by atoms with E-state index in [4.69, 9.17) is 16.3 Å². The Morgan fingerprint density at radius 1 is 1.36 bits per heavy atom. The summed E-state index contributed by atoms with van der Waals surface area (Å²) in [5, 5.41) is 0.0849. The van der Waals surface area contributed by atoms with Gasteiger partial charge in [0.25, 0.3) is 0 Å². The van der Waals surface area contributed by atoms with Gasteiger partial charge in [-0.15, -0.1) is 0 Å². The number of epoxide rings is 1. The number of rotatable bonds is 1. The molecule has 1 aromatic rings. The fraction of sp³-hybridized carbons (Fsp3) is 0.333. The van der Waals surface area contributed by atoms with E-state index in [1.165, 1.54) is 12.1 Å². The van der Waals surface area contributed by atoms with Crippen LogP contribution in [0.4, 0.5) is 13.2 Å². The van der Waals surface area contributed by atoms with Crippen molar-refractivity contribution in [2.45, 2.75) is 12.3 Å². The lowest BCUT2D eigenvalue weighted by atomic mass is 10.0. The average Bonchev–Trinajstić information content (AvgIpc) is 2.85. The van der Waals surface area contributed by atoms with Crippen LogP contribution in [0.5, 0.6) is 0 Å². The minimum atomic E-state index is -4.37. The Kier molecular flexibility index (Phi) is 2.20. The Hall–Kier alpha value is -0.740. The molecule has 0 bridgehead atoms. The van der Waals surface area contributed by atoms with E-state index >= 15 is 0 Å². The van der Waals surface area contributed by atoms with E-state index in [1.54, 1.807) is 0 Å². The minimum absolute atomic E-state index is 0.0849. The molecule has 1 aliphatic rings. The van der Waals surface area contributed by atoms with Crippen LogP contribution in [0.15, 0.2) is 18.2 Å². The second kappa shape index (κ2) is 3.14. The molecule has 0 unspecified atom stereocenters. The highest BCUT2D eigenvalue weighted by Gasteiger charge is 2.38. The van der Waals surface area contributed by atoms with Gasteiger partial charge in [-0.3, -0.25) is 0 Å². The molecule has 1 aliphatic heterocycles. The van der Waals surface area contributed by atoms with Crippen molar-refractivity contribution in [1.82, 2.24) is 0 Å². The molecule has 0 saturated carbocycles. The first-order valence-corrected chi connectivity index (χ1v) is 4.34. The summed E-state index contributed by atoms with van der Waals surface area (Å²) in [5.41, 5.74) is -0.533. The third-order valence-corrected chi connectivity index (χ3v) is 2.24. The number of benzene rings is 1. The smallest absolute Gasteiger partial charge is 0.368 e. The number of ether oxygens (including phenoxy) is 1. The van der Waals surface area contributed by atoms with E-state index in [2.05, 4.69) is 0 Å². The molecule has 0 spiro atoms. The van der Waals surface area contributed by atoms with Crippen LogP contribution >= 0.6 is 11.6 Å². The van der Waals surface area contributed by atoms with Crippen molar-refractivity contribution < 1.29 is 17.9 Å². The van der Waals surface area contributed by atoms with E-state index in [1.807, 2.05) is 0 Å². The van der Waals surface area contributed by atoms with Crippen molar-refractivity contribution in [3.8, 4) is 0 Å². The highest BCUT2D eigenvalue weighted by Crippen LogP contribution is 2.41. The predicted molar refractivity (Wildman–Crippen MR) is 45.1 cm³/mol. The largest absolute Gasteiger partial charge is 0.416 e. The summed E-state index contributed by atoms with van der Waals surface area (Å²) in [6, 6.07) is 3.73. The van der Waals surface area contributed by atoms with Gasteiger partial charge in [-0.1, -0.05) is 17.7 Å². The molecule has 1 aromatic carbocycles. The molecule has 76 valence electrons. The summed E-state index contributed by atoms with van der Waals surface area (Å²) in [6.45, 7) is 0.352. The first kappa shape index (κ1) is 9.80. The SMILES string of the molecule is FC(F)(F)c1cc(Cl)ccc1[C@@H]1CO1. The van der Waals surface area contributed by atoms with E-state index in [0.717, 1.165) is 6.07 Å². The fourth-order valence-corrected chi connectivity index (χ4v) is 1.45. The monoisotopic (exact) mass is 222 g/mol. The van der Waals surface area contributed by atoms with Crippen LogP contribution < -0.4 is 0 Å². The lowest BCUT2D eigenvalue weighted by molar-refractivity contribution is -0.138. The van der Waals surface area contributed by atoms with Gasteiger partial charge in [-0.25, -0.2) is 0 Å². The van der Waals surface area contributed by atoms with Gasteiger partial charge in [0.15, 0.2) is 0 Å². The molecule has 14 heavy (non-hydrogen) atoms. The minimum Gasteiger partial charge on any atom is -0.368 e. The zero-order chi connectivity index (χ0) is 10.3. The second-order valence-corrected chi connectivity index (χ2v) is 3.49. The van der Waals surface area contributed by atoms with Gasteiger partial charge in [0.1, 0.15) is 6.10 Å². The first-order valence-electron chi connectivity index (χ1n) is 3.97. The van der Waals surface area contributed by atoms with Gasteiger partial charge in [-0.05, 0) is 17.7 Å². The molecular formula is C9H6ClF3O. The number of hydrogen-bond donors (Lipinski definition) is 0. The third kappa shape index (κ3) is 1.86. The van der Waals surface area contributed by atoms with Gasteiger partial charge in [0.2, 0.25) is 0 Å². The number of alkyl halides is 3. The maximum atomic E-state index is 12.5. The van der Waals surface area contributed by atoms with Gasteiger partial charge < -0.3 is 4.74 Å². The van der Waals surface area contributed by atoms with Crippen molar-refractivity contribution in [1.29, 1.82) is 0 Å². The Morgan fingerprint density at radius 3 is 2.50 bits per heavy atom. The van der Waals surface area contributed by atoms with Gasteiger partial charge in [0.05, 0.1) is 12.2 Å². The maximum Gasteiger partial charge on any atom is 0.416 e. The molecule has 1 heterocycles. The van der Waals surface area contributed by atoms with Crippen LogP contribution in [0.1, 0.15) is 17.2 Å². The molecule has 0 aromatic heterocycles. The molecule has 0 amide bonds. The van der Waals surface area contributed by atoms with Crippen LogP contribution in [0.25, 0.3) is 0 Å². The zero-order valence-electron chi connectivity index (χ0n) is 6.94. The molecule has 1 fully saturated rings. The topological polar surface area (TPSA) is 12.5 Å². The maximum absolute atomic E-state index is 12.5. The Balaban J connectivity index is 2.48. The van der Waals surface area contributed by atoms with Crippen molar-refractivity contribution in [2.75, 3.05) is 6.61 Å². The summed E-state index contributed by atoms with van der Waals surface area (Å²) in [6.07, 6.45) is -4.78. The average molecular weight is 223 g/mol. The van der Waals surface area contributed by atoms with E-state index in [-0.39, 0.29) is 10.6 Å². The van der Waals surface area contributed by atoms with Crippen molar-refractivity contribution in [2.24, 2.45) is 0 Å². The summed E-state index contributed by atoms with van der Waals surface area (Å²) in [7, 11) is 0. The number of hydrogen-bond acceptors (Lipinski definition) is 1. The second-order valence-electron chi connectivity index (χ2n) is 3.05. The van der Waals surface area contributed by atoms with E-state index < -0.39 is 17.8 Å². The normalized spacial score (nSPS) is 21.0. The zero-order valence-corrected chi connectivity index (χ0v) is 7.69. The Morgan fingerprint density at radius 2 is 2.00 bits per heavy atom. The molecule has 1 nitrogen and oxygen atoms in total. The highest BCUT2D eigenvalue weighted by molar-refractivity contribution is 6.30. The Bertz CT molecular complexity index is 358. The quantitative estimate of drug-likeness (QED) is 0.664. The van der Waals surface area contributed by atoms with Crippen molar-refractivity contribution >= 4 is 11.6 Å². The van der Waals surface area contributed by atoms with Gasteiger partial charge in [-0.2, -0.15) is 13.2 Å². The fourth-order valence-electron chi connectivity index (χ4n) is 1.28. The molecule has 5 heteroatoms. The van der Waals surface area contributed by atoms with Crippen LogP contribution in [-0.2, 0) is 10.9 Å². The van der Waals surface area contributed by atoms with Crippen molar-refractivity contribution in [3.63, 3.8) is 0 Å². The molecule has 1 atom stereocenters. The summed E-state index contributed by atoms with van der Waals surface area (Å²) in [5.74, 6) is 0. The van der Waals surface area contributed by atoms with Crippen LogP contribution in [0.3, 0.4) is 0 Å². The third-order valence-electron chi connectivity index (χ3n) is 2.00. The van der Waals surface area contributed by atoms with Crippen molar-refractivity contribution in [3.05, 3.63) is 34.3 Å². The van der Waals surface area contributed by atoms with Crippen LogP contribution in [-0.4, -0.2) is 6.61 Å². The summed E-state index contributed by atoms with van der Waals surface area (Å²) >= 11 is 5.51. The summed E-state index contributed by atoms with van der Waals surface area (Å²) in [4.78, 5) is 0. The number of halogens is 4. The van der Waals surface area contributed by atoms with Gasteiger partial charge in [0, 0.05) is 5.02 Å². The van der Waals surface area contributed by atoms with Gasteiger partial charge >= 0.3 is 6.18 Å². The molecule has 0 radical (unpaired) electrons. The van der Waals surface area contributed by atoms with Crippen LogP contribution in [0, 0.1) is 0 Å². The lowest BCUT2D eigenvalue weighted by Gasteiger charge is -2.11. The molecular weight excluding hydrogens is 217 g/mol. The molecule has 2 rings (SSSR count). The molecule has 1 saturated heterocycles. The predicted octanol–water partition coefficient (Wildman–Crippen LogP) is 3.43. The van der Waals surface area contributed by atoms with E-state index in [9.17, 15) is 13.2 Å². The Labute approximate surface area is 83.4 Å².